The van der Waals surface area contributed by atoms with Crippen molar-refractivity contribution in [3.8, 4) is 11.8 Å². The van der Waals surface area contributed by atoms with Gasteiger partial charge in [0.1, 0.15) is 17.9 Å². The largest absolute Gasteiger partial charge is 0.460 e. The fraction of sp³-hybridized carbons (Fsp3) is 0.125. The number of benzene rings is 2. The Morgan fingerprint density at radius 3 is 2.45 bits per heavy atom. The van der Waals surface area contributed by atoms with E-state index < -0.39 is 17.5 Å². The number of rotatable bonds is 1. The summed E-state index contributed by atoms with van der Waals surface area (Å²) in [4.78, 5) is 12.4. The molecule has 2 atom stereocenters. The van der Waals surface area contributed by atoms with Crippen molar-refractivity contribution in [1.29, 1.82) is 5.26 Å². The molecule has 0 saturated heterocycles. The molecule has 0 fully saturated rings. The van der Waals surface area contributed by atoms with Gasteiger partial charge in [-0.25, -0.2) is 0 Å². The van der Waals surface area contributed by atoms with Crippen LogP contribution >= 0.6 is 0 Å². The first-order valence-corrected chi connectivity index (χ1v) is 6.16. The summed E-state index contributed by atoms with van der Waals surface area (Å²) in [5, 5.41) is 19.7. The monoisotopic (exact) mass is 265 g/mol. The molecule has 0 saturated carbocycles. The number of ether oxygens (including phenoxy) is 1. The molecule has 1 N–H and O–H groups in total. The van der Waals surface area contributed by atoms with Gasteiger partial charge in [-0.3, -0.25) is 4.79 Å². The Hall–Kier alpha value is -2.64. The third-order valence-electron chi connectivity index (χ3n) is 3.41. The zero-order valence-corrected chi connectivity index (χ0v) is 10.5. The average Bonchev–Trinajstić information content (AvgIpc) is 2.52. The van der Waals surface area contributed by atoms with Gasteiger partial charge in [-0.05, 0) is 6.07 Å². The number of ketones is 1. The van der Waals surface area contributed by atoms with Crippen LogP contribution in [0.2, 0.25) is 0 Å². The molecule has 98 valence electrons. The number of aliphatic hydroxyl groups is 1. The van der Waals surface area contributed by atoms with E-state index in [0.717, 1.165) is 0 Å². The molecule has 3 rings (SSSR count). The van der Waals surface area contributed by atoms with Gasteiger partial charge in [0.05, 0.1) is 0 Å². The number of nitrogens with zero attached hydrogens (tertiary/aromatic N) is 1. The van der Waals surface area contributed by atoms with E-state index in [1.807, 2.05) is 6.07 Å². The highest BCUT2D eigenvalue weighted by molar-refractivity contribution is 5.97. The second-order valence-corrected chi connectivity index (χ2v) is 4.57. The minimum Gasteiger partial charge on any atom is -0.460 e. The van der Waals surface area contributed by atoms with E-state index in [2.05, 4.69) is 0 Å². The Kier molecular flexibility index (Phi) is 2.78. The van der Waals surface area contributed by atoms with Gasteiger partial charge < -0.3 is 9.84 Å². The molecule has 0 spiro atoms. The molecule has 1 aliphatic rings. The molecule has 0 radical (unpaired) electrons. The average molecular weight is 265 g/mol. The van der Waals surface area contributed by atoms with Crippen LogP contribution in [0.4, 0.5) is 0 Å². The smallest absolute Gasteiger partial charge is 0.280 e. The van der Waals surface area contributed by atoms with Crippen molar-refractivity contribution < 1.29 is 14.6 Å². The molecule has 1 aliphatic heterocycles. The first kappa shape index (κ1) is 12.4. The van der Waals surface area contributed by atoms with Crippen molar-refractivity contribution in [2.24, 2.45) is 0 Å². The van der Waals surface area contributed by atoms with Crippen molar-refractivity contribution in [2.45, 2.75) is 11.7 Å². The van der Waals surface area contributed by atoms with Gasteiger partial charge in [0.2, 0.25) is 5.78 Å². The van der Waals surface area contributed by atoms with Crippen LogP contribution in [-0.4, -0.2) is 10.9 Å². The molecule has 2 aromatic carbocycles. The topological polar surface area (TPSA) is 70.3 Å². The predicted molar refractivity (Wildman–Crippen MR) is 70.8 cm³/mol. The molecule has 0 aromatic heterocycles. The zero-order chi connectivity index (χ0) is 14.2. The first-order chi connectivity index (χ1) is 9.69. The Morgan fingerprint density at radius 2 is 1.75 bits per heavy atom. The molecule has 2 unspecified atom stereocenters. The number of aliphatic hydroxyl groups excluding tert-OH is 1. The van der Waals surface area contributed by atoms with Gasteiger partial charge in [-0.2, -0.15) is 5.26 Å². The minimum atomic E-state index is -1.80. The van der Waals surface area contributed by atoms with E-state index in [1.54, 1.807) is 54.6 Å². The van der Waals surface area contributed by atoms with E-state index in [4.69, 9.17) is 4.74 Å². The summed E-state index contributed by atoms with van der Waals surface area (Å²) in [5.74, 6) is -0.310. The Bertz CT molecular complexity index is 705. The lowest BCUT2D eigenvalue weighted by atomic mass is 9.83. The lowest BCUT2D eigenvalue weighted by molar-refractivity contribution is -0.142. The minimum absolute atomic E-state index is 0.352. The Balaban J connectivity index is 2.20. The zero-order valence-electron chi connectivity index (χ0n) is 10.5. The number of para-hydroxylation sites is 1. The SMILES string of the molecule is N#CC1(c2ccccc2)Oc2ccccc2C(O)C1=O. The van der Waals surface area contributed by atoms with Crippen LogP contribution in [0.5, 0.6) is 5.75 Å². The third-order valence-corrected chi connectivity index (χ3v) is 3.41. The maximum Gasteiger partial charge on any atom is 0.280 e. The molecule has 2 aromatic rings. The number of hydrogen-bond donors (Lipinski definition) is 1. The summed E-state index contributed by atoms with van der Waals surface area (Å²) in [6.45, 7) is 0. The van der Waals surface area contributed by atoms with Crippen molar-refractivity contribution in [2.75, 3.05) is 0 Å². The summed E-state index contributed by atoms with van der Waals surface area (Å²) >= 11 is 0. The highest BCUT2D eigenvalue weighted by Gasteiger charge is 2.50. The van der Waals surface area contributed by atoms with Crippen LogP contribution in [-0.2, 0) is 10.4 Å². The molecule has 20 heavy (non-hydrogen) atoms. The van der Waals surface area contributed by atoms with Crippen LogP contribution in [0.25, 0.3) is 0 Å². The van der Waals surface area contributed by atoms with Crippen molar-refractivity contribution in [3.63, 3.8) is 0 Å². The Labute approximate surface area is 115 Å². The number of nitriles is 1. The Morgan fingerprint density at radius 1 is 1.10 bits per heavy atom. The molecule has 0 bridgehead atoms. The highest BCUT2D eigenvalue weighted by atomic mass is 16.5. The van der Waals surface area contributed by atoms with Crippen molar-refractivity contribution >= 4 is 5.78 Å². The van der Waals surface area contributed by atoms with E-state index in [0.29, 0.717) is 16.9 Å². The quantitative estimate of drug-likeness (QED) is 0.857. The van der Waals surface area contributed by atoms with Gasteiger partial charge >= 0.3 is 0 Å². The molecular weight excluding hydrogens is 254 g/mol. The maximum absolute atomic E-state index is 12.4. The highest BCUT2D eigenvalue weighted by Crippen LogP contribution is 2.41. The summed E-state index contributed by atoms with van der Waals surface area (Å²) in [5.41, 5.74) is -0.991. The summed E-state index contributed by atoms with van der Waals surface area (Å²) in [7, 11) is 0. The number of carbonyl (C=O) groups excluding carboxylic acids is 1. The molecule has 4 heteroatoms. The fourth-order valence-corrected chi connectivity index (χ4v) is 2.36. The van der Waals surface area contributed by atoms with E-state index in [9.17, 15) is 15.2 Å². The second kappa shape index (κ2) is 4.48. The molecule has 1 heterocycles. The number of Topliss-reactive ketones (excluding diaryl/α,β-unsaturated/α-hetero) is 1. The van der Waals surface area contributed by atoms with E-state index >= 15 is 0 Å². The lowest BCUT2D eigenvalue weighted by Gasteiger charge is -2.34. The van der Waals surface area contributed by atoms with Crippen LogP contribution in [0, 0.1) is 11.3 Å². The van der Waals surface area contributed by atoms with Crippen molar-refractivity contribution in [3.05, 3.63) is 65.7 Å². The van der Waals surface area contributed by atoms with Gasteiger partial charge in [0.25, 0.3) is 5.60 Å². The maximum atomic E-state index is 12.4. The summed E-state index contributed by atoms with van der Waals surface area (Å²) in [6, 6.07) is 17.1. The number of fused-ring (bicyclic) bond motifs is 1. The van der Waals surface area contributed by atoms with Crippen LogP contribution in [0.15, 0.2) is 54.6 Å². The van der Waals surface area contributed by atoms with Crippen LogP contribution < -0.4 is 4.74 Å². The van der Waals surface area contributed by atoms with Gasteiger partial charge in [-0.15, -0.1) is 0 Å². The standard InChI is InChI=1S/C16H11NO3/c17-10-16(11-6-2-1-3-7-11)15(19)14(18)12-8-4-5-9-13(12)20-16/h1-9,14,18H. The summed E-state index contributed by atoms with van der Waals surface area (Å²) < 4.78 is 5.67. The number of hydrogen-bond acceptors (Lipinski definition) is 4. The molecular formula is C16H11NO3. The van der Waals surface area contributed by atoms with Gasteiger partial charge in [0.15, 0.2) is 0 Å². The molecule has 0 amide bonds. The summed E-state index contributed by atoms with van der Waals surface area (Å²) in [6.07, 6.45) is -1.36. The molecule has 0 aliphatic carbocycles. The van der Waals surface area contributed by atoms with Gasteiger partial charge in [-0.1, -0.05) is 48.5 Å². The lowest BCUT2D eigenvalue weighted by Crippen LogP contribution is -2.46. The third kappa shape index (κ3) is 1.61. The van der Waals surface area contributed by atoms with E-state index in [-0.39, 0.29) is 0 Å². The number of carbonyl (C=O) groups is 1. The van der Waals surface area contributed by atoms with Crippen LogP contribution in [0.1, 0.15) is 17.2 Å². The predicted octanol–water partition coefficient (Wildman–Crippen LogP) is 2.10. The fourth-order valence-electron chi connectivity index (χ4n) is 2.36. The normalized spacial score (nSPS) is 24.4. The van der Waals surface area contributed by atoms with Gasteiger partial charge in [0, 0.05) is 11.1 Å². The second-order valence-electron chi connectivity index (χ2n) is 4.57. The van der Waals surface area contributed by atoms with Crippen LogP contribution in [0.3, 0.4) is 0 Å². The first-order valence-electron chi connectivity index (χ1n) is 6.16. The van der Waals surface area contributed by atoms with E-state index in [1.165, 1.54) is 0 Å². The van der Waals surface area contributed by atoms with Crippen molar-refractivity contribution in [1.82, 2.24) is 0 Å². The molecule has 4 nitrogen and oxygen atoms in total.